The van der Waals surface area contributed by atoms with Crippen molar-refractivity contribution in [1.29, 1.82) is 0 Å². The molecule has 0 aliphatic rings. The molecule has 0 unspecified atom stereocenters. The molecule has 0 saturated carbocycles. The number of allylic oxidation sites excluding steroid dienone is 1. The van der Waals surface area contributed by atoms with E-state index in [1.165, 1.54) is 6.20 Å². The summed E-state index contributed by atoms with van der Waals surface area (Å²) in [5.41, 5.74) is 2.76. The monoisotopic (exact) mass is 485 g/mol. The van der Waals surface area contributed by atoms with Gasteiger partial charge in [-0.1, -0.05) is 36.9 Å². The van der Waals surface area contributed by atoms with Gasteiger partial charge in [0.1, 0.15) is 13.2 Å². The summed E-state index contributed by atoms with van der Waals surface area (Å²) in [5, 5.41) is 21.6. The second-order valence-corrected chi connectivity index (χ2v) is 7.96. The van der Waals surface area contributed by atoms with Crippen molar-refractivity contribution in [3.63, 3.8) is 0 Å². The maximum Gasteiger partial charge on any atom is 0.256 e. The minimum absolute atomic E-state index is 0.144. The number of hydrogen-bond acceptors (Lipinski definition) is 9. The van der Waals surface area contributed by atoms with Gasteiger partial charge in [-0.3, -0.25) is 9.78 Å². The SMILES string of the molecule is C=C(CC)NC(=O)c1ccc(COc2nn3c(-c4cc(COC)on4)nnc3c3ccccc23)nc1. The van der Waals surface area contributed by atoms with Crippen molar-refractivity contribution in [3.8, 4) is 17.4 Å². The number of nitrogens with one attached hydrogen (secondary N) is 1. The Kier molecular flexibility index (Phi) is 6.37. The Morgan fingerprint density at radius 2 is 1.97 bits per heavy atom. The smallest absolute Gasteiger partial charge is 0.256 e. The lowest BCUT2D eigenvalue weighted by molar-refractivity contribution is 0.0964. The van der Waals surface area contributed by atoms with Gasteiger partial charge in [0.05, 0.1) is 11.3 Å². The van der Waals surface area contributed by atoms with E-state index in [2.05, 4.69) is 37.3 Å². The number of aromatic nitrogens is 6. The molecule has 5 aromatic rings. The molecule has 36 heavy (non-hydrogen) atoms. The van der Waals surface area contributed by atoms with Crippen LogP contribution in [0.1, 0.15) is 35.2 Å². The van der Waals surface area contributed by atoms with Crippen LogP contribution in [-0.4, -0.2) is 43.0 Å². The molecular weight excluding hydrogens is 462 g/mol. The van der Waals surface area contributed by atoms with E-state index < -0.39 is 0 Å². The number of nitrogens with zero attached hydrogens (tertiary/aromatic N) is 6. The summed E-state index contributed by atoms with van der Waals surface area (Å²) in [6.45, 7) is 6.14. The van der Waals surface area contributed by atoms with Gasteiger partial charge in [-0.05, 0) is 24.6 Å². The van der Waals surface area contributed by atoms with Gasteiger partial charge in [0.2, 0.25) is 11.7 Å². The lowest BCUT2D eigenvalue weighted by Gasteiger charge is -2.10. The molecule has 1 aromatic carbocycles. The fourth-order valence-corrected chi connectivity index (χ4v) is 3.55. The van der Waals surface area contributed by atoms with Gasteiger partial charge in [-0.25, -0.2) is 0 Å². The number of ether oxygens (including phenoxy) is 2. The van der Waals surface area contributed by atoms with Crippen LogP contribution in [0, 0.1) is 0 Å². The van der Waals surface area contributed by atoms with Gasteiger partial charge in [-0.15, -0.1) is 15.3 Å². The normalized spacial score (nSPS) is 11.2. The molecule has 0 saturated heterocycles. The highest BCUT2D eigenvalue weighted by molar-refractivity contribution is 5.97. The summed E-state index contributed by atoms with van der Waals surface area (Å²) in [7, 11) is 1.58. The van der Waals surface area contributed by atoms with Crippen LogP contribution in [0.25, 0.3) is 27.9 Å². The van der Waals surface area contributed by atoms with Crippen LogP contribution in [0.5, 0.6) is 5.88 Å². The van der Waals surface area contributed by atoms with E-state index in [-0.39, 0.29) is 19.1 Å². The second-order valence-electron chi connectivity index (χ2n) is 7.96. The van der Waals surface area contributed by atoms with Gasteiger partial charge in [0.25, 0.3) is 5.91 Å². The first-order valence-electron chi connectivity index (χ1n) is 11.2. The molecule has 11 heteroatoms. The van der Waals surface area contributed by atoms with Crippen molar-refractivity contribution in [2.45, 2.75) is 26.6 Å². The zero-order valence-corrected chi connectivity index (χ0v) is 19.8. The zero-order valence-electron chi connectivity index (χ0n) is 19.8. The van der Waals surface area contributed by atoms with E-state index in [4.69, 9.17) is 14.0 Å². The topological polar surface area (TPSA) is 130 Å². The van der Waals surface area contributed by atoms with Crippen LogP contribution in [0.4, 0.5) is 0 Å². The maximum absolute atomic E-state index is 12.3. The summed E-state index contributed by atoms with van der Waals surface area (Å²) in [6, 6.07) is 12.8. The van der Waals surface area contributed by atoms with Crippen LogP contribution in [0.3, 0.4) is 0 Å². The zero-order chi connectivity index (χ0) is 25.1. The molecule has 0 aliphatic carbocycles. The first-order chi connectivity index (χ1) is 17.6. The Morgan fingerprint density at radius 1 is 1.14 bits per heavy atom. The Balaban J connectivity index is 1.43. The summed E-state index contributed by atoms with van der Waals surface area (Å²) in [4.78, 5) is 16.6. The third kappa shape index (κ3) is 4.51. The van der Waals surface area contributed by atoms with Crippen LogP contribution in [-0.2, 0) is 18.0 Å². The summed E-state index contributed by atoms with van der Waals surface area (Å²) >= 11 is 0. The Bertz CT molecular complexity index is 1560. The number of rotatable bonds is 9. The number of methoxy groups -OCH3 is 1. The molecule has 5 rings (SSSR count). The molecule has 4 heterocycles. The lowest BCUT2D eigenvalue weighted by atomic mass is 10.2. The van der Waals surface area contributed by atoms with Gasteiger partial charge in [-0.2, -0.15) is 4.52 Å². The average molecular weight is 486 g/mol. The van der Waals surface area contributed by atoms with Crippen molar-refractivity contribution in [1.82, 2.24) is 35.3 Å². The molecule has 0 spiro atoms. The van der Waals surface area contributed by atoms with Crippen LogP contribution in [0.2, 0.25) is 0 Å². The largest absolute Gasteiger partial charge is 0.470 e. The van der Waals surface area contributed by atoms with E-state index >= 15 is 0 Å². The number of carbonyl (C=O) groups excluding carboxylic acids is 1. The van der Waals surface area contributed by atoms with Crippen molar-refractivity contribution in [2.24, 2.45) is 0 Å². The number of amides is 1. The molecule has 0 atom stereocenters. The number of pyridine rings is 1. The van der Waals surface area contributed by atoms with Crippen LogP contribution in [0.15, 0.2) is 65.5 Å². The first kappa shape index (κ1) is 23.1. The Morgan fingerprint density at radius 3 is 2.72 bits per heavy atom. The lowest BCUT2D eigenvalue weighted by Crippen LogP contribution is -2.22. The summed E-state index contributed by atoms with van der Waals surface area (Å²) in [6.07, 6.45) is 2.17. The first-order valence-corrected chi connectivity index (χ1v) is 11.2. The van der Waals surface area contributed by atoms with E-state index in [1.807, 2.05) is 31.2 Å². The Hall–Kier alpha value is -4.64. The standard InChI is InChI=1S/C25H23N7O4/c1-4-15(2)27-24(33)16-9-10-17(26-12-16)13-35-25-20-8-6-5-7-19(20)22-28-29-23(32(22)30-25)21-11-18(14-34-3)36-31-21/h5-12H,2,4,13-14H2,1,3H3,(H,27,33). The fourth-order valence-electron chi connectivity index (χ4n) is 3.55. The van der Waals surface area contributed by atoms with E-state index in [0.717, 1.165) is 10.8 Å². The molecule has 4 aromatic heterocycles. The van der Waals surface area contributed by atoms with Gasteiger partial charge in [0.15, 0.2) is 17.1 Å². The second kappa shape index (κ2) is 9.92. The average Bonchev–Trinajstić information content (AvgIpc) is 3.54. The molecule has 0 bridgehead atoms. The minimum Gasteiger partial charge on any atom is -0.470 e. The third-order valence-corrected chi connectivity index (χ3v) is 5.47. The number of carbonyl (C=O) groups is 1. The number of hydrogen-bond donors (Lipinski definition) is 1. The third-order valence-electron chi connectivity index (χ3n) is 5.47. The van der Waals surface area contributed by atoms with E-state index in [1.54, 1.807) is 29.8 Å². The van der Waals surface area contributed by atoms with Crippen molar-refractivity contribution in [2.75, 3.05) is 7.11 Å². The predicted octanol–water partition coefficient (Wildman–Crippen LogP) is 3.71. The van der Waals surface area contributed by atoms with Gasteiger partial charge < -0.3 is 19.3 Å². The molecule has 182 valence electrons. The molecule has 1 N–H and O–H groups in total. The molecule has 0 fully saturated rings. The van der Waals surface area contributed by atoms with E-state index in [0.29, 0.717) is 52.2 Å². The van der Waals surface area contributed by atoms with Crippen molar-refractivity contribution < 1.29 is 18.8 Å². The van der Waals surface area contributed by atoms with Crippen molar-refractivity contribution in [3.05, 3.63) is 78.0 Å². The minimum atomic E-state index is -0.249. The molecule has 0 radical (unpaired) electrons. The maximum atomic E-state index is 12.3. The highest BCUT2D eigenvalue weighted by atomic mass is 16.5. The van der Waals surface area contributed by atoms with Gasteiger partial charge in [0, 0.05) is 35.8 Å². The number of benzene rings is 1. The van der Waals surface area contributed by atoms with E-state index in [9.17, 15) is 4.79 Å². The highest BCUT2D eigenvalue weighted by Gasteiger charge is 2.19. The summed E-state index contributed by atoms with van der Waals surface area (Å²) < 4.78 is 18.0. The van der Waals surface area contributed by atoms with Crippen LogP contribution < -0.4 is 10.1 Å². The predicted molar refractivity (Wildman–Crippen MR) is 130 cm³/mol. The molecule has 11 nitrogen and oxygen atoms in total. The Labute approximate surface area is 205 Å². The molecule has 0 aliphatic heterocycles. The van der Waals surface area contributed by atoms with Crippen molar-refractivity contribution >= 4 is 22.3 Å². The van der Waals surface area contributed by atoms with Crippen LogP contribution >= 0.6 is 0 Å². The fraction of sp³-hybridized carbons (Fsp3) is 0.200. The molecule has 1 amide bonds. The summed E-state index contributed by atoms with van der Waals surface area (Å²) in [5.74, 6) is 1.10. The number of fused-ring (bicyclic) bond motifs is 3. The highest BCUT2D eigenvalue weighted by Crippen LogP contribution is 2.29. The van der Waals surface area contributed by atoms with Gasteiger partial charge >= 0.3 is 0 Å². The molecular formula is C25H23N7O4. The quantitative estimate of drug-likeness (QED) is 0.332.